The minimum absolute atomic E-state index is 0.455. The molecular weight excluding hydrogens is 518 g/mol. The molecule has 1 aliphatic carbocycles. The fourth-order valence-electron chi connectivity index (χ4n) is 4.91. The van der Waals surface area contributed by atoms with Crippen molar-refractivity contribution in [3.8, 4) is 5.75 Å². The number of hydrogen-bond donors (Lipinski definition) is 1. The largest absolute Gasteiger partial charge is 0.502 e. The lowest BCUT2D eigenvalue weighted by Gasteiger charge is -2.46. The van der Waals surface area contributed by atoms with Crippen LogP contribution in [0.2, 0.25) is 10.0 Å². The van der Waals surface area contributed by atoms with Crippen molar-refractivity contribution in [2.75, 3.05) is 11.7 Å². The predicted octanol–water partition coefficient (Wildman–Crippen LogP) is 5.05. The normalized spacial score (nSPS) is 16.8. The number of halogens is 5. The van der Waals surface area contributed by atoms with Crippen LogP contribution in [0.25, 0.3) is 0 Å². The zero-order valence-corrected chi connectivity index (χ0v) is 20.4. The lowest BCUT2D eigenvalue weighted by molar-refractivity contribution is -0.173. The number of alkyl halides is 3. The lowest BCUT2D eigenvalue weighted by Crippen LogP contribution is -2.60. The lowest BCUT2D eigenvalue weighted by atomic mass is 9.94. The molecule has 2 aromatic carbocycles. The van der Waals surface area contributed by atoms with E-state index < -0.39 is 47.7 Å². The Bertz CT molecular complexity index is 1390. The molecule has 36 heavy (non-hydrogen) atoms. The topological polar surface area (TPSA) is 65.8 Å². The molecule has 6 nitrogen and oxygen atoms in total. The molecule has 1 amide bonds. The van der Waals surface area contributed by atoms with Crippen molar-refractivity contribution in [3.63, 3.8) is 0 Å². The highest BCUT2D eigenvalue weighted by Gasteiger charge is 2.47. The highest BCUT2D eigenvalue weighted by atomic mass is 35.5. The van der Waals surface area contributed by atoms with Gasteiger partial charge in [0.2, 0.25) is 5.43 Å². The number of aromatic nitrogens is 1. The van der Waals surface area contributed by atoms with Gasteiger partial charge in [0.15, 0.2) is 11.4 Å². The molecule has 0 radical (unpaired) electrons. The van der Waals surface area contributed by atoms with Gasteiger partial charge in [-0.2, -0.15) is 13.2 Å². The fourth-order valence-corrected chi connectivity index (χ4v) is 5.30. The van der Waals surface area contributed by atoms with Crippen molar-refractivity contribution in [1.29, 1.82) is 0 Å². The first-order valence-electron chi connectivity index (χ1n) is 11.1. The van der Waals surface area contributed by atoms with Gasteiger partial charge < -0.3 is 10.0 Å². The summed E-state index contributed by atoms with van der Waals surface area (Å²) >= 11 is 12.5. The Kier molecular flexibility index (Phi) is 5.95. The Morgan fingerprint density at radius 2 is 1.53 bits per heavy atom. The summed E-state index contributed by atoms with van der Waals surface area (Å²) < 4.78 is 42.6. The van der Waals surface area contributed by atoms with Crippen LogP contribution in [-0.2, 0) is 12.8 Å². The Morgan fingerprint density at radius 1 is 0.972 bits per heavy atom. The highest BCUT2D eigenvalue weighted by Crippen LogP contribution is 2.40. The van der Waals surface area contributed by atoms with Crippen LogP contribution in [0.4, 0.5) is 13.2 Å². The number of fused-ring (bicyclic) bond motifs is 3. The van der Waals surface area contributed by atoms with E-state index in [4.69, 9.17) is 23.2 Å². The molecule has 0 fully saturated rings. The second-order valence-corrected chi connectivity index (χ2v) is 9.76. The molecule has 0 bridgehead atoms. The van der Waals surface area contributed by atoms with Gasteiger partial charge in [0.05, 0.1) is 6.04 Å². The molecule has 3 aromatic rings. The molecule has 11 heteroatoms. The maximum absolute atomic E-state index is 13.8. The molecule has 0 unspecified atom stereocenters. The van der Waals surface area contributed by atoms with E-state index in [9.17, 15) is 27.9 Å². The molecule has 2 heterocycles. The van der Waals surface area contributed by atoms with E-state index in [1.54, 1.807) is 17.1 Å². The van der Waals surface area contributed by atoms with E-state index in [0.717, 1.165) is 35.2 Å². The number of hydrogen-bond acceptors (Lipinski definition) is 4. The second-order valence-electron chi connectivity index (χ2n) is 8.88. The first-order valence-corrected chi connectivity index (χ1v) is 11.9. The standard InChI is InChI=1S/C25H20Cl2F3N3O3/c1-13(25(28,29)30)31-12-33(32-9-8-20(34)23(35)22(32)24(31)36)21-18-6-4-16(26)10-14(18)2-3-15-11-17(27)5-7-19(15)21/h4-11,13,21,35H,2-3,12H2,1H3/t13-/m1/s1. The summed E-state index contributed by atoms with van der Waals surface area (Å²) in [7, 11) is 0. The molecule has 188 valence electrons. The maximum Gasteiger partial charge on any atom is 0.408 e. The van der Waals surface area contributed by atoms with Crippen LogP contribution in [0.3, 0.4) is 0 Å². The van der Waals surface area contributed by atoms with Gasteiger partial charge in [0, 0.05) is 22.3 Å². The van der Waals surface area contributed by atoms with E-state index in [-0.39, 0.29) is 0 Å². The van der Waals surface area contributed by atoms with Crippen molar-refractivity contribution < 1.29 is 23.1 Å². The minimum Gasteiger partial charge on any atom is -0.502 e. The van der Waals surface area contributed by atoms with Crippen LogP contribution in [0.5, 0.6) is 5.75 Å². The highest BCUT2D eigenvalue weighted by molar-refractivity contribution is 6.31. The van der Waals surface area contributed by atoms with E-state index in [1.807, 2.05) is 24.3 Å². The first kappa shape index (κ1) is 24.5. The summed E-state index contributed by atoms with van der Waals surface area (Å²) in [5, 5.41) is 13.1. The summed E-state index contributed by atoms with van der Waals surface area (Å²) in [6.45, 7) is 0.419. The average molecular weight is 538 g/mol. The molecule has 1 atom stereocenters. The van der Waals surface area contributed by atoms with Gasteiger partial charge in [-0.15, -0.1) is 0 Å². The van der Waals surface area contributed by atoms with Crippen LogP contribution >= 0.6 is 23.2 Å². The van der Waals surface area contributed by atoms with Gasteiger partial charge in [0.25, 0.3) is 5.91 Å². The van der Waals surface area contributed by atoms with Crippen LogP contribution in [0.1, 0.15) is 45.7 Å². The number of carbonyl (C=O) groups excluding carboxylic acids is 1. The van der Waals surface area contributed by atoms with Crippen LogP contribution < -0.4 is 10.4 Å². The molecule has 2 aliphatic rings. The number of aryl methyl sites for hydroxylation is 2. The Labute approximate surface area is 214 Å². The van der Waals surface area contributed by atoms with Gasteiger partial charge in [-0.1, -0.05) is 35.3 Å². The zero-order chi connectivity index (χ0) is 25.9. The van der Waals surface area contributed by atoms with Gasteiger partial charge in [-0.25, -0.2) is 0 Å². The Balaban J connectivity index is 1.79. The van der Waals surface area contributed by atoms with Gasteiger partial charge >= 0.3 is 6.18 Å². The monoisotopic (exact) mass is 537 g/mol. The van der Waals surface area contributed by atoms with Gasteiger partial charge in [-0.3, -0.25) is 19.3 Å². The third-order valence-corrected chi connectivity index (χ3v) is 7.26. The summed E-state index contributed by atoms with van der Waals surface area (Å²) in [4.78, 5) is 26.0. The first-order chi connectivity index (χ1) is 17.0. The summed E-state index contributed by atoms with van der Waals surface area (Å²) in [5.41, 5.74) is 1.94. The van der Waals surface area contributed by atoms with Crippen molar-refractivity contribution in [2.24, 2.45) is 0 Å². The molecule has 1 aliphatic heterocycles. The van der Waals surface area contributed by atoms with Crippen LogP contribution in [0.15, 0.2) is 53.5 Å². The predicted molar refractivity (Wildman–Crippen MR) is 129 cm³/mol. The third-order valence-electron chi connectivity index (χ3n) is 6.79. The number of rotatable bonds is 2. The summed E-state index contributed by atoms with van der Waals surface area (Å²) in [5.74, 6) is -2.00. The minimum atomic E-state index is -4.73. The number of benzene rings is 2. The molecule has 0 saturated carbocycles. The van der Waals surface area contributed by atoms with Crippen molar-refractivity contribution in [2.45, 2.75) is 38.0 Å². The summed E-state index contributed by atoms with van der Waals surface area (Å²) in [6.07, 6.45) is -2.22. The smallest absolute Gasteiger partial charge is 0.408 e. The number of carbonyl (C=O) groups is 1. The van der Waals surface area contributed by atoms with E-state index in [2.05, 4.69) is 0 Å². The number of amides is 1. The van der Waals surface area contributed by atoms with Gasteiger partial charge in [-0.05, 0) is 66.3 Å². The number of pyridine rings is 1. The number of aromatic hydroxyl groups is 1. The van der Waals surface area contributed by atoms with Crippen LogP contribution in [0, 0.1) is 0 Å². The zero-order valence-electron chi connectivity index (χ0n) is 18.9. The molecule has 1 N–H and O–H groups in total. The SMILES string of the molecule is C[C@@H](N1CN(C2c3ccc(Cl)cc3CCc3cc(Cl)ccc32)n2ccc(=O)c(O)c2C1=O)C(F)(F)F. The van der Waals surface area contributed by atoms with E-state index >= 15 is 0 Å². The maximum atomic E-state index is 13.8. The van der Waals surface area contributed by atoms with Crippen molar-refractivity contribution >= 4 is 29.1 Å². The van der Waals surface area contributed by atoms with Gasteiger partial charge in [0.1, 0.15) is 12.7 Å². The Hall–Kier alpha value is -3.17. The van der Waals surface area contributed by atoms with E-state index in [0.29, 0.717) is 27.8 Å². The van der Waals surface area contributed by atoms with Crippen molar-refractivity contribution in [1.82, 2.24) is 9.58 Å². The summed E-state index contributed by atoms with van der Waals surface area (Å²) in [6, 6.07) is 8.86. The fraction of sp³-hybridized carbons (Fsp3) is 0.280. The molecule has 0 saturated heterocycles. The molecular formula is C25H20Cl2F3N3O3. The number of nitrogens with zero attached hydrogens (tertiary/aromatic N) is 3. The van der Waals surface area contributed by atoms with E-state index in [1.165, 1.54) is 10.9 Å². The Morgan fingerprint density at radius 3 is 2.06 bits per heavy atom. The second kappa shape index (κ2) is 8.74. The molecule has 0 spiro atoms. The van der Waals surface area contributed by atoms with Crippen molar-refractivity contribution in [3.05, 3.63) is 96.9 Å². The molecule has 1 aromatic heterocycles. The third kappa shape index (κ3) is 4.00. The van der Waals surface area contributed by atoms with Crippen LogP contribution in [-0.4, -0.2) is 39.5 Å². The molecule has 5 rings (SSSR count). The average Bonchev–Trinajstić information content (AvgIpc) is 2.96. The quantitative estimate of drug-likeness (QED) is 0.496.